The summed E-state index contributed by atoms with van der Waals surface area (Å²) in [5.41, 5.74) is -0.438. The molecule has 0 bridgehead atoms. The minimum absolute atomic E-state index is 0.0875. The third-order valence-electron chi connectivity index (χ3n) is 14.3. The van der Waals surface area contributed by atoms with Gasteiger partial charge in [0, 0.05) is 70.4 Å². The maximum Gasteiger partial charge on any atom is 0.268 e. The Hall–Kier alpha value is -0.520. The van der Waals surface area contributed by atoms with Crippen LogP contribution < -0.4 is 0 Å². The molecule has 6 nitrogen and oxygen atoms in total. The molecule has 6 heterocycles. The molecular formula is C40H72F4N6. The summed E-state index contributed by atoms with van der Waals surface area (Å²) in [6.45, 7) is 25.4. The molecule has 0 aromatic carbocycles. The maximum absolute atomic E-state index is 15.7. The summed E-state index contributed by atoms with van der Waals surface area (Å²) in [7, 11) is 0. The fourth-order valence-corrected chi connectivity index (χ4v) is 10.6. The Balaban J connectivity index is 0.859. The molecule has 0 N–H and O–H groups in total. The van der Waals surface area contributed by atoms with Gasteiger partial charge in [-0.1, -0.05) is 20.8 Å². The topological polar surface area (TPSA) is 19.4 Å². The Morgan fingerprint density at radius 3 is 1.82 bits per heavy atom. The molecule has 6 aliphatic rings. The highest BCUT2D eigenvalue weighted by Gasteiger charge is 2.62. The van der Waals surface area contributed by atoms with Gasteiger partial charge in [-0.15, -0.1) is 0 Å². The Morgan fingerprint density at radius 2 is 1.22 bits per heavy atom. The first-order valence-electron chi connectivity index (χ1n) is 20.7. The van der Waals surface area contributed by atoms with Gasteiger partial charge < -0.3 is 9.80 Å². The van der Waals surface area contributed by atoms with Crippen LogP contribution >= 0.6 is 0 Å². The van der Waals surface area contributed by atoms with Gasteiger partial charge in [0.1, 0.15) is 0 Å². The van der Waals surface area contributed by atoms with Crippen LogP contribution in [0.4, 0.5) is 17.6 Å². The zero-order valence-electron chi connectivity index (χ0n) is 32.6. The Kier molecular flexibility index (Phi) is 12.3. The molecule has 50 heavy (non-hydrogen) atoms. The Labute approximate surface area is 302 Å². The highest BCUT2D eigenvalue weighted by atomic mass is 19.3. The molecule has 2 spiro atoms. The maximum atomic E-state index is 15.7. The largest absolute Gasteiger partial charge is 0.303 e. The standard InChI is InChI=1S/C40H72F4N6/c1-31(2)21-45-15-9-35(10-16-45)23-48-20-14-38(40(43,44)30-48)27-50(28-38)34(6)8-7-33(5)22-47-17-11-36(39(41,42)29-47)24-46-18-12-37(13-19-46)25-49(26-37)32(3)4/h31-36H,7-30H2,1-6H3. The van der Waals surface area contributed by atoms with E-state index in [4.69, 9.17) is 0 Å². The van der Waals surface area contributed by atoms with Crippen molar-refractivity contribution >= 4 is 0 Å². The number of alkyl halides is 4. The molecule has 0 saturated carbocycles. The van der Waals surface area contributed by atoms with Crippen molar-refractivity contribution in [2.75, 3.05) is 105 Å². The van der Waals surface area contributed by atoms with Gasteiger partial charge in [0.25, 0.3) is 11.8 Å². The molecule has 0 aromatic rings. The van der Waals surface area contributed by atoms with Gasteiger partial charge in [0.05, 0.1) is 18.5 Å². The second-order valence-electron chi connectivity index (χ2n) is 19.3. The smallest absolute Gasteiger partial charge is 0.268 e. The third-order valence-corrected chi connectivity index (χ3v) is 14.3. The van der Waals surface area contributed by atoms with Crippen molar-refractivity contribution in [3.8, 4) is 0 Å². The molecule has 0 amide bonds. The van der Waals surface area contributed by atoms with E-state index in [9.17, 15) is 0 Å². The lowest BCUT2D eigenvalue weighted by Crippen LogP contribution is -2.71. The van der Waals surface area contributed by atoms with Gasteiger partial charge >= 0.3 is 0 Å². The number of hydrogen-bond acceptors (Lipinski definition) is 6. The van der Waals surface area contributed by atoms with Gasteiger partial charge in [-0.3, -0.25) is 19.6 Å². The molecule has 290 valence electrons. The summed E-state index contributed by atoms with van der Waals surface area (Å²) in [6, 6.07) is 0.848. The predicted molar refractivity (Wildman–Crippen MR) is 196 cm³/mol. The van der Waals surface area contributed by atoms with Gasteiger partial charge in [0.2, 0.25) is 0 Å². The molecule has 3 unspecified atom stereocenters. The number of halogens is 4. The zero-order chi connectivity index (χ0) is 35.9. The second kappa shape index (κ2) is 15.7. The molecule has 6 aliphatic heterocycles. The fraction of sp³-hybridized carbons (Fsp3) is 1.00. The number of rotatable bonds is 13. The molecule has 6 rings (SSSR count). The molecule has 6 saturated heterocycles. The highest BCUT2D eigenvalue weighted by Crippen LogP contribution is 2.51. The van der Waals surface area contributed by atoms with Gasteiger partial charge in [-0.25, -0.2) is 17.6 Å². The summed E-state index contributed by atoms with van der Waals surface area (Å²) in [5.74, 6) is -4.32. The molecule has 10 heteroatoms. The Bertz CT molecular complexity index is 1070. The van der Waals surface area contributed by atoms with E-state index in [0.29, 0.717) is 68.2 Å². The third kappa shape index (κ3) is 9.05. The van der Waals surface area contributed by atoms with E-state index in [1.54, 1.807) is 0 Å². The first-order chi connectivity index (χ1) is 23.6. The van der Waals surface area contributed by atoms with Crippen LogP contribution in [0.15, 0.2) is 0 Å². The average Bonchev–Trinajstić information content (AvgIpc) is 2.99. The van der Waals surface area contributed by atoms with Crippen molar-refractivity contribution in [1.29, 1.82) is 0 Å². The van der Waals surface area contributed by atoms with Gasteiger partial charge in [-0.05, 0) is 135 Å². The van der Waals surface area contributed by atoms with Crippen molar-refractivity contribution in [3.63, 3.8) is 0 Å². The number of hydrogen-bond donors (Lipinski definition) is 0. The lowest BCUT2D eigenvalue weighted by atomic mass is 9.68. The monoisotopic (exact) mass is 713 g/mol. The highest BCUT2D eigenvalue weighted by molar-refractivity contribution is 5.09. The van der Waals surface area contributed by atoms with Crippen LogP contribution in [0.1, 0.15) is 92.9 Å². The van der Waals surface area contributed by atoms with E-state index in [1.807, 2.05) is 4.90 Å². The van der Waals surface area contributed by atoms with Crippen molar-refractivity contribution in [3.05, 3.63) is 0 Å². The van der Waals surface area contributed by atoms with Crippen molar-refractivity contribution in [1.82, 2.24) is 29.4 Å². The normalized spacial score (nSPS) is 31.3. The first-order valence-corrected chi connectivity index (χ1v) is 20.7. The van der Waals surface area contributed by atoms with Crippen LogP contribution in [-0.4, -0.2) is 158 Å². The van der Waals surface area contributed by atoms with Crippen molar-refractivity contribution < 1.29 is 17.6 Å². The number of piperidine rings is 4. The lowest BCUT2D eigenvalue weighted by molar-refractivity contribution is -0.231. The van der Waals surface area contributed by atoms with E-state index >= 15 is 17.6 Å². The first kappa shape index (κ1) is 39.2. The molecule has 0 aromatic heterocycles. The number of nitrogens with zero attached hydrogens (tertiary/aromatic N) is 6. The van der Waals surface area contributed by atoms with E-state index < -0.39 is 23.2 Å². The minimum Gasteiger partial charge on any atom is -0.303 e. The van der Waals surface area contributed by atoms with Crippen LogP contribution in [0.5, 0.6) is 0 Å². The molecule has 0 aliphatic carbocycles. The molecular weight excluding hydrogens is 640 g/mol. The minimum atomic E-state index is -2.65. The SMILES string of the molecule is CC(C)CN1CCC(CN2CCC3(CN(C(C)CCC(C)CN4CCC(CN5CCC6(CC5)CN(C(C)C)C6)C(F)(F)C4)C3)C(F)(F)C2)CC1. The van der Waals surface area contributed by atoms with Crippen LogP contribution in [0.2, 0.25) is 0 Å². The molecule has 0 radical (unpaired) electrons. The average molecular weight is 713 g/mol. The Morgan fingerprint density at radius 1 is 0.580 bits per heavy atom. The van der Waals surface area contributed by atoms with Crippen molar-refractivity contribution in [2.24, 2.45) is 34.5 Å². The van der Waals surface area contributed by atoms with Crippen LogP contribution in [0.25, 0.3) is 0 Å². The van der Waals surface area contributed by atoms with Gasteiger partial charge in [-0.2, -0.15) is 0 Å². The fourth-order valence-electron chi connectivity index (χ4n) is 10.6. The summed E-state index contributed by atoms with van der Waals surface area (Å²) < 4.78 is 62.3. The molecule has 3 atom stereocenters. The van der Waals surface area contributed by atoms with E-state index in [0.717, 1.165) is 90.9 Å². The zero-order valence-corrected chi connectivity index (χ0v) is 32.6. The van der Waals surface area contributed by atoms with E-state index in [1.165, 1.54) is 13.1 Å². The van der Waals surface area contributed by atoms with Crippen LogP contribution in [0, 0.1) is 34.5 Å². The summed E-state index contributed by atoms with van der Waals surface area (Å²) in [5, 5.41) is 0. The summed E-state index contributed by atoms with van der Waals surface area (Å²) in [6.07, 6.45) is 7.58. The second-order valence-corrected chi connectivity index (χ2v) is 19.3. The number of likely N-dealkylation sites (tertiary alicyclic amines) is 6. The predicted octanol–water partition coefficient (Wildman–Crippen LogP) is 6.57. The van der Waals surface area contributed by atoms with Crippen molar-refractivity contribution in [2.45, 2.75) is 117 Å². The van der Waals surface area contributed by atoms with Gasteiger partial charge in [0.15, 0.2) is 0 Å². The summed E-state index contributed by atoms with van der Waals surface area (Å²) in [4.78, 5) is 13.7. The summed E-state index contributed by atoms with van der Waals surface area (Å²) >= 11 is 0. The van der Waals surface area contributed by atoms with E-state index in [2.05, 4.69) is 66.0 Å². The quantitative estimate of drug-likeness (QED) is 0.200. The lowest BCUT2D eigenvalue weighted by Gasteiger charge is -2.59. The molecule has 6 fully saturated rings. The van der Waals surface area contributed by atoms with Crippen LogP contribution in [0.3, 0.4) is 0 Å². The van der Waals surface area contributed by atoms with Crippen LogP contribution in [-0.2, 0) is 0 Å². The van der Waals surface area contributed by atoms with E-state index in [-0.39, 0.29) is 19.1 Å².